The maximum atomic E-state index is 11.5. The molecule has 1 heterocycles. The quantitative estimate of drug-likeness (QED) is 0.771. The van der Waals surface area contributed by atoms with Crippen molar-refractivity contribution in [3.05, 3.63) is 0 Å². The molecule has 0 radical (unpaired) electrons. The molecule has 106 valence electrons. The second-order valence-corrected chi connectivity index (χ2v) is 4.90. The van der Waals surface area contributed by atoms with Gasteiger partial charge in [-0.25, -0.2) is 4.79 Å². The smallest absolute Gasteiger partial charge is 0.409 e. The molecule has 1 N–H and O–H groups in total. The van der Waals surface area contributed by atoms with Crippen LogP contribution in [0.25, 0.3) is 0 Å². The molecule has 0 aliphatic carbocycles. The molecular weight excluding hydrogens is 230 g/mol. The molecule has 0 bridgehead atoms. The van der Waals surface area contributed by atoms with Crippen molar-refractivity contribution in [2.24, 2.45) is 5.92 Å². The van der Waals surface area contributed by atoms with Crippen LogP contribution in [-0.4, -0.2) is 68.3 Å². The molecule has 0 aromatic rings. The molecule has 1 aliphatic rings. The summed E-state index contributed by atoms with van der Waals surface area (Å²) in [6.07, 6.45) is -0.169. The summed E-state index contributed by atoms with van der Waals surface area (Å²) < 4.78 is 5.01. The van der Waals surface area contributed by atoms with E-state index in [2.05, 4.69) is 24.1 Å². The van der Waals surface area contributed by atoms with Crippen LogP contribution in [0.1, 0.15) is 20.8 Å². The Hall–Kier alpha value is -0.810. The highest BCUT2D eigenvalue weighted by Gasteiger charge is 2.22. The van der Waals surface area contributed by atoms with Crippen LogP contribution in [-0.2, 0) is 4.74 Å². The van der Waals surface area contributed by atoms with E-state index in [0.29, 0.717) is 12.5 Å². The maximum Gasteiger partial charge on any atom is 0.409 e. The number of nitrogens with zero attached hydrogens (tertiary/aromatic N) is 2. The van der Waals surface area contributed by atoms with Gasteiger partial charge in [0.05, 0.1) is 6.61 Å². The van der Waals surface area contributed by atoms with Crippen LogP contribution in [0.5, 0.6) is 0 Å². The SMILES string of the molecule is CCNCC(C)CN1CCN(C(=O)OCC)CC1. The molecule has 1 fully saturated rings. The summed E-state index contributed by atoms with van der Waals surface area (Å²) in [5.41, 5.74) is 0. The maximum absolute atomic E-state index is 11.5. The minimum atomic E-state index is -0.169. The third-order valence-electron chi connectivity index (χ3n) is 3.21. The Labute approximate surface area is 110 Å². The van der Waals surface area contributed by atoms with E-state index in [1.54, 1.807) is 4.90 Å². The Bertz CT molecular complexity index is 240. The third-order valence-corrected chi connectivity index (χ3v) is 3.21. The molecule has 1 rings (SSSR count). The zero-order chi connectivity index (χ0) is 13.4. The number of carbonyl (C=O) groups is 1. The van der Waals surface area contributed by atoms with Crippen molar-refractivity contribution in [1.82, 2.24) is 15.1 Å². The van der Waals surface area contributed by atoms with Gasteiger partial charge in [-0.3, -0.25) is 4.90 Å². The highest BCUT2D eigenvalue weighted by atomic mass is 16.6. The van der Waals surface area contributed by atoms with Crippen LogP contribution < -0.4 is 5.32 Å². The predicted octanol–water partition coefficient (Wildman–Crippen LogP) is 1.01. The molecular formula is C13H27N3O2. The summed E-state index contributed by atoms with van der Waals surface area (Å²) in [7, 11) is 0. The largest absolute Gasteiger partial charge is 0.450 e. The number of nitrogens with one attached hydrogen (secondary N) is 1. The van der Waals surface area contributed by atoms with Crippen LogP contribution in [0.2, 0.25) is 0 Å². The van der Waals surface area contributed by atoms with Crippen LogP contribution in [0.15, 0.2) is 0 Å². The van der Waals surface area contributed by atoms with Gasteiger partial charge in [0, 0.05) is 32.7 Å². The first-order valence-corrected chi connectivity index (χ1v) is 7.02. The summed E-state index contributed by atoms with van der Waals surface area (Å²) in [5, 5.41) is 3.37. The molecule has 1 aliphatic heterocycles. The lowest BCUT2D eigenvalue weighted by molar-refractivity contribution is 0.0760. The highest BCUT2D eigenvalue weighted by molar-refractivity contribution is 5.67. The van der Waals surface area contributed by atoms with Gasteiger partial charge in [0.2, 0.25) is 0 Å². The molecule has 1 atom stereocenters. The van der Waals surface area contributed by atoms with E-state index in [1.165, 1.54) is 0 Å². The fourth-order valence-corrected chi connectivity index (χ4v) is 2.22. The summed E-state index contributed by atoms with van der Waals surface area (Å²) >= 11 is 0. The van der Waals surface area contributed by atoms with E-state index in [-0.39, 0.29) is 6.09 Å². The fourth-order valence-electron chi connectivity index (χ4n) is 2.22. The molecule has 1 unspecified atom stereocenters. The molecule has 0 aromatic heterocycles. The number of piperazine rings is 1. The Morgan fingerprint density at radius 3 is 2.50 bits per heavy atom. The zero-order valence-electron chi connectivity index (χ0n) is 11.9. The lowest BCUT2D eigenvalue weighted by Gasteiger charge is -2.35. The van der Waals surface area contributed by atoms with E-state index < -0.39 is 0 Å². The van der Waals surface area contributed by atoms with E-state index in [0.717, 1.165) is 45.8 Å². The zero-order valence-corrected chi connectivity index (χ0v) is 11.9. The van der Waals surface area contributed by atoms with Gasteiger partial charge in [-0.2, -0.15) is 0 Å². The molecule has 5 nitrogen and oxygen atoms in total. The lowest BCUT2D eigenvalue weighted by atomic mass is 10.1. The van der Waals surface area contributed by atoms with Crippen molar-refractivity contribution in [3.63, 3.8) is 0 Å². The van der Waals surface area contributed by atoms with Gasteiger partial charge >= 0.3 is 6.09 Å². The van der Waals surface area contributed by atoms with Crippen molar-refractivity contribution >= 4 is 6.09 Å². The van der Waals surface area contributed by atoms with E-state index >= 15 is 0 Å². The van der Waals surface area contributed by atoms with E-state index in [1.807, 2.05) is 6.92 Å². The summed E-state index contributed by atoms with van der Waals surface area (Å²) in [5.74, 6) is 0.652. The number of amides is 1. The average molecular weight is 257 g/mol. The molecule has 0 aromatic carbocycles. The summed E-state index contributed by atoms with van der Waals surface area (Å²) in [6, 6.07) is 0. The molecule has 1 amide bonds. The number of hydrogen-bond acceptors (Lipinski definition) is 4. The monoisotopic (exact) mass is 257 g/mol. The Morgan fingerprint density at radius 2 is 1.94 bits per heavy atom. The second-order valence-electron chi connectivity index (χ2n) is 4.90. The number of rotatable bonds is 6. The first-order chi connectivity index (χ1) is 8.67. The normalized spacial score (nSPS) is 18.7. The van der Waals surface area contributed by atoms with Crippen molar-refractivity contribution < 1.29 is 9.53 Å². The molecule has 18 heavy (non-hydrogen) atoms. The lowest BCUT2D eigenvalue weighted by Crippen LogP contribution is -2.50. The topological polar surface area (TPSA) is 44.8 Å². The van der Waals surface area contributed by atoms with Crippen LogP contribution in [0, 0.1) is 5.92 Å². The number of carbonyl (C=O) groups excluding carboxylic acids is 1. The summed E-state index contributed by atoms with van der Waals surface area (Å²) in [4.78, 5) is 15.8. The molecule has 1 saturated heterocycles. The molecule has 0 spiro atoms. The Balaban J connectivity index is 2.20. The third kappa shape index (κ3) is 5.23. The first-order valence-electron chi connectivity index (χ1n) is 7.02. The first kappa shape index (κ1) is 15.2. The predicted molar refractivity (Wildman–Crippen MR) is 72.7 cm³/mol. The van der Waals surface area contributed by atoms with Crippen molar-refractivity contribution in [3.8, 4) is 0 Å². The van der Waals surface area contributed by atoms with E-state index in [9.17, 15) is 4.79 Å². The van der Waals surface area contributed by atoms with Gasteiger partial charge in [-0.1, -0.05) is 13.8 Å². The Kier molecular flexibility index (Phi) is 7.05. The van der Waals surface area contributed by atoms with E-state index in [4.69, 9.17) is 4.74 Å². The minimum absolute atomic E-state index is 0.169. The average Bonchev–Trinajstić information content (AvgIpc) is 2.37. The Morgan fingerprint density at radius 1 is 1.28 bits per heavy atom. The standard InChI is InChI=1S/C13H27N3O2/c1-4-14-10-12(3)11-15-6-8-16(9-7-15)13(17)18-5-2/h12,14H,4-11H2,1-3H3. The van der Waals surface area contributed by atoms with Gasteiger partial charge in [0.25, 0.3) is 0 Å². The van der Waals surface area contributed by atoms with Crippen molar-refractivity contribution in [1.29, 1.82) is 0 Å². The van der Waals surface area contributed by atoms with Crippen LogP contribution >= 0.6 is 0 Å². The second kappa shape index (κ2) is 8.32. The van der Waals surface area contributed by atoms with Crippen molar-refractivity contribution in [2.75, 3.05) is 52.4 Å². The van der Waals surface area contributed by atoms with Gasteiger partial charge in [-0.05, 0) is 25.9 Å². The van der Waals surface area contributed by atoms with Crippen molar-refractivity contribution in [2.45, 2.75) is 20.8 Å². The molecule has 5 heteroatoms. The molecule has 0 saturated carbocycles. The van der Waals surface area contributed by atoms with Gasteiger partial charge in [-0.15, -0.1) is 0 Å². The van der Waals surface area contributed by atoms with Crippen LogP contribution in [0.4, 0.5) is 4.79 Å². The minimum Gasteiger partial charge on any atom is -0.450 e. The number of ether oxygens (including phenoxy) is 1. The number of hydrogen-bond donors (Lipinski definition) is 1. The van der Waals surface area contributed by atoms with Gasteiger partial charge in [0.15, 0.2) is 0 Å². The van der Waals surface area contributed by atoms with Crippen LogP contribution in [0.3, 0.4) is 0 Å². The van der Waals surface area contributed by atoms with Gasteiger partial charge < -0.3 is 15.0 Å². The van der Waals surface area contributed by atoms with Gasteiger partial charge in [0.1, 0.15) is 0 Å². The highest BCUT2D eigenvalue weighted by Crippen LogP contribution is 2.06. The fraction of sp³-hybridized carbons (Fsp3) is 0.923. The summed E-state index contributed by atoms with van der Waals surface area (Å²) in [6.45, 7) is 13.4.